The van der Waals surface area contributed by atoms with E-state index in [-0.39, 0.29) is 18.2 Å². The molecule has 1 aromatic carbocycles. The maximum absolute atomic E-state index is 12.8. The van der Waals surface area contributed by atoms with E-state index in [1.54, 1.807) is 9.80 Å². The molecule has 2 aliphatic rings. The summed E-state index contributed by atoms with van der Waals surface area (Å²) in [5, 5.41) is 9.41. The number of amides is 2. The molecule has 2 aliphatic heterocycles. The average Bonchev–Trinajstić information content (AvgIpc) is 3.38. The van der Waals surface area contributed by atoms with Gasteiger partial charge in [-0.1, -0.05) is 17.3 Å². The van der Waals surface area contributed by atoms with Gasteiger partial charge in [-0.2, -0.15) is 5.10 Å². The number of hydrogen-bond acceptors (Lipinski definition) is 5. The number of nitrogens with zero attached hydrogens (tertiary/aromatic N) is 5. The van der Waals surface area contributed by atoms with E-state index in [0.717, 1.165) is 36.9 Å². The van der Waals surface area contributed by atoms with Crippen molar-refractivity contribution in [2.45, 2.75) is 32.2 Å². The minimum Gasteiger partial charge on any atom is -0.356 e. The smallest absolute Gasteiger partial charge is 0.274 e. The van der Waals surface area contributed by atoms with Crippen LogP contribution in [-0.4, -0.2) is 62.7 Å². The summed E-state index contributed by atoms with van der Waals surface area (Å²) < 4.78 is 7.24. The van der Waals surface area contributed by atoms with Crippen molar-refractivity contribution in [3.05, 3.63) is 47.4 Å². The third kappa shape index (κ3) is 3.39. The van der Waals surface area contributed by atoms with E-state index in [1.807, 2.05) is 35.0 Å². The Kier molecular flexibility index (Phi) is 4.54. The number of carbonyl (C=O) groups is 2. The molecule has 0 saturated carbocycles. The Morgan fingerprint density at radius 3 is 2.62 bits per heavy atom. The first-order valence-corrected chi connectivity index (χ1v) is 10.2. The number of piperazine rings is 1. The fourth-order valence-electron chi connectivity index (χ4n) is 4.16. The molecule has 5 rings (SSSR count). The largest absolute Gasteiger partial charge is 0.356 e. The Labute approximate surface area is 168 Å². The lowest BCUT2D eigenvalue weighted by molar-refractivity contribution is -0.132. The van der Waals surface area contributed by atoms with Crippen LogP contribution in [0.4, 0.5) is 0 Å². The summed E-state index contributed by atoms with van der Waals surface area (Å²) in [6.07, 6.45) is 3.46. The Morgan fingerprint density at radius 1 is 1.00 bits per heavy atom. The number of fused-ring (bicyclic) bond motifs is 2. The highest BCUT2D eigenvalue weighted by Gasteiger charge is 2.27. The molecule has 2 amide bonds. The van der Waals surface area contributed by atoms with E-state index in [4.69, 9.17) is 4.52 Å². The van der Waals surface area contributed by atoms with Crippen LogP contribution in [0.25, 0.3) is 11.0 Å². The first kappa shape index (κ1) is 17.9. The fraction of sp³-hybridized carbons (Fsp3) is 0.429. The molecule has 3 aromatic rings. The van der Waals surface area contributed by atoms with Crippen LogP contribution < -0.4 is 0 Å². The van der Waals surface area contributed by atoms with Crippen molar-refractivity contribution in [1.82, 2.24) is 24.7 Å². The van der Waals surface area contributed by atoms with Gasteiger partial charge in [0, 0.05) is 43.8 Å². The van der Waals surface area contributed by atoms with Crippen molar-refractivity contribution in [2.75, 3.05) is 26.2 Å². The predicted molar refractivity (Wildman–Crippen MR) is 105 cm³/mol. The molecule has 0 atom stereocenters. The summed E-state index contributed by atoms with van der Waals surface area (Å²) in [5.41, 5.74) is 3.02. The molecule has 2 aromatic heterocycles. The van der Waals surface area contributed by atoms with Gasteiger partial charge in [-0.3, -0.25) is 14.3 Å². The van der Waals surface area contributed by atoms with Crippen molar-refractivity contribution < 1.29 is 14.1 Å². The summed E-state index contributed by atoms with van der Waals surface area (Å²) in [6.45, 7) is 2.97. The van der Waals surface area contributed by atoms with Gasteiger partial charge in [-0.25, -0.2) is 0 Å². The molecule has 0 N–H and O–H groups in total. The predicted octanol–water partition coefficient (Wildman–Crippen LogP) is 1.89. The average molecular weight is 393 g/mol. The van der Waals surface area contributed by atoms with E-state index < -0.39 is 0 Å². The zero-order valence-corrected chi connectivity index (χ0v) is 16.2. The first-order valence-electron chi connectivity index (χ1n) is 10.2. The number of carbonyl (C=O) groups excluding carboxylic acids is 2. The molecule has 8 heteroatoms. The number of aromatic nitrogens is 3. The van der Waals surface area contributed by atoms with Crippen molar-refractivity contribution in [2.24, 2.45) is 0 Å². The van der Waals surface area contributed by atoms with Crippen LogP contribution in [0, 0.1) is 0 Å². The summed E-state index contributed by atoms with van der Waals surface area (Å²) in [5.74, 6) is -0.0323. The van der Waals surface area contributed by atoms with Gasteiger partial charge in [-0.15, -0.1) is 0 Å². The van der Waals surface area contributed by atoms with Crippen LogP contribution in [-0.2, 0) is 24.2 Å². The van der Waals surface area contributed by atoms with Crippen LogP contribution >= 0.6 is 0 Å². The van der Waals surface area contributed by atoms with Gasteiger partial charge < -0.3 is 14.3 Å². The van der Waals surface area contributed by atoms with Crippen molar-refractivity contribution in [3.8, 4) is 0 Å². The van der Waals surface area contributed by atoms with E-state index in [9.17, 15) is 9.59 Å². The maximum Gasteiger partial charge on any atom is 0.274 e. The van der Waals surface area contributed by atoms with Gasteiger partial charge in [0.25, 0.3) is 5.91 Å². The summed E-state index contributed by atoms with van der Waals surface area (Å²) in [7, 11) is 0. The van der Waals surface area contributed by atoms with Gasteiger partial charge in [-0.05, 0) is 37.5 Å². The quantitative estimate of drug-likeness (QED) is 0.678. The van der Waals surface area contributed by atoms with Crippen LogP contribution in [0.5, 0.6) is 0 Å². The molecule has 1 saturated heterocycles. The summed E-state index contributed by atoms with van der Waals surface area (Å²) >= 11 is 0. The minimum atomic E-state index is -0.0403. The highest BCUT2D eigenvalue weighted by molar-refractivity contribution is 5.93. The van der Waals surface area contributed by atoms with Crippen LogP contribution in [0.1, 0.15) is 34.7 Å². The highest BCUT2D eigenvalue weighted by Crippen LogP contribution is 2.20. The lowest BCUT2D eigenvalue weighted by atomic mass is 10.1. The zero-order chi connectivity index (χ0) is 19.8. The standard InChI is InChI=1S/C21H23N5O3/c27-20(14-17-16-6-1-2-7-19(16)29-23-17)24-9-11-25(12-10-24)21(28)18-13-15-5-3-4-8-26(15)22-18/h1-2,6-7,13H,3-5,8-12,14H2. The van der Waals surface area contributed by atoms with Crippen molar-refractivity contribution >= 4 is 22.8 Å². The topological polar surface area (TPSA) is 84.5 Å². The van der Waals surface area contributed by atoms with E-state index in [0.29, 0.717) is 43.1 Å². The van der Waals surface area contributed by atoms with E-state index >= 15 is 0 Å². The molecule has 0 bridgehead atoms. The molecule has 4 heterocycles. The third-order valence-corrected chi connectivity index (χ3v) is 5.83. The zero-order valence-electron chi connectivity index (χ0n) is 16.2. The van der Waals surface area contributed by atoms with Crippen molar-refractivity contribution in [3.63, 3.8) is 0 Å². The molecule has 29 heavy (non-hydrogen) atoms. The Hall–Kier alpha value is -3.16. The number of para-hydroxylation sites is 1. The van der Waals surface area contributed by atoms with Gasteiger partial charge >= 0.3 is 0 Å². The van der Waals surface area contributed by atoms with E-state index in [1.165, 1.54) is 0 Å². The van der Waals surface area contributed by atoms with Gasteiger partial charge in [0.05, 0.1) is 6.42 Å². The summed E-state index contributed by atoms with van der Waals surface area (Å²) in [6, 6.07) is 9.47. The Balaban J connectivity index is 1.20. The Bertz CT molecular complexity index is 1040. The first-order chi connectivity index (χ1) is 14.2. The lowest BCUT2D eigenvalue weighted by Crippen LogP contribution is -2.51. The molecular formula is C21H23N5O3. The molecule has 0 spiro atoms. The fourth-order valence-corrected chi connectivity index (χ4v) is 4.16. The molecule has 150 valence electrons. The monoisotopic (exact) mass is 393 g/mol. The van der Waals surface area contributed by atoms with Gasteiger partial charge in [0.2, 0.25) is 5.91 Å². The third-order valence-electron chi connectivity index (χ3n) is 5.83. The second kappa shape index (κ2) is 7.35. The maximum atomic E-state index is 12.8. The number of rotatable bonds is 3. The molecule has 0 aliphatic carbocycles. The number of hydrogen-bond donors (Lipinski definition) is 0. The second-order valence-corrected chi connectivity index (χ2v) is 7.68. The van der Waals surface area contributed by atoms with Gasteiger partial charge in [0.1, 0.15) is 5.69 Å². The summed E-state index contributed by atoms with van der Waals surface area (Å²) in [4.78, 5) is 29.1. The minimum absolute atomic E-state index is 0.00797. The van der Waals surface area contributed by atoms with Crippen LogP contribution in [0.15, 0.2) is 34.9 Å². The van der Waals surface area contributed by atoms with Crippen LogP contribution in [0.2, 0.25) is 0 Å². The normalized spacial score (nSPS) is 16.8. The molecular weight excluding hydrogens is 370 g/mol. The van der Waals surface area contributed by atoms with E-state index in [2.05, 4.69) is 10.3 Å². The molecule has 0 radical (unpaired) electrons. The Morgan fingerprint density at radius 2 is 1.79 bits per heavy atom. The van der Waals surface area contributed by atoms with Crippen molar-refractivity contribution in [1.29, 1.82) is 0 Å². The second-order valence-electron chi connectivity index (χ2n) is 7.68. The number of aryl methyl sites for hydroxylation is 2. The SMILES string of the molecule is O=C(Cc1noc2ccccc12)N1CCN(C(=O)c2cc3n(n2)CCCC3)CC1. The molecule has 8 nitrogen and oxygen atoms in total. The molecule has 1 fully saturated rings. The van der Waals surface area contributed by atoms with Crippen LogP contribution in [0.3, 0.4) is 0 Å². The lowest BCUT2D eigenvalue weighted by Gasteiger charge is -2.34. The highest BCUT2D eigenvalue weighted by atomic mass is 16.5. The van der Waals surface area contributed by atoms with Gasteiger partial charge in [0.15, 0.2) is 11.3 Å². The molecule has 0 unspecified atom stereocenters. The number of benzene rings is 1.